The normalized spacial score (nSPS) is 13.0. The molecule has 0 unspecified atom stereocenters. The number of aromatic nitrogens is 1. The van der Waals surface area contributed by atoms with Crippen LogP contribution in [0, 0.1) is 23.0 Å². The van der Waals surface area contributed by atoms with E-state index in [4.69, 9.17) is 14.9 Å². The van der Waals surface area contributed by atoms with E-state index < -0.39 is 11.6 Å². The van der Waals surface area contributed by atoms with Crippen LogP contribution in [0.15, 0.2) is 34.7 Å². The molecule has 142 valence electrons. The highest BCUT2D eigenvalue weighted by molar-refractivity contribution is 5.76. The van der Waals surface area contributed by atoms with Crippen LogP contribution < -0.4 is 10.5 Å². The summed E-state index contributed by atoms with van der Waals surface area (Å²) in [6, 6.07) is 8.67. The topological polar surface area (TPSA) is 85.1 Å². The summed E-state index contributed by atoms with van der Waals surface area (Å²) in [6.45, 7) is -0.0345. The van der Waals surface area contributed by atoms with E-state index in [9.17, 15) is 14.0 Å². The Hall–Kier alpha value is -3.40. The quantitative estimate of drug-likeness (QED) is 0.718. The highest BCUT2D eigenvalue weighted by Crippen LogP contribution is 2.36. The third kappa shape index (κ3) is 3.29. The molecule has 0 fully saturated rings. The van der Waals surface area contributed by atoms with E-state index in [1.165, 1.54) is 6.07 Å². The highest BCUT2D eigenvalue weighted by Gasteiger charge is 2.24. The van der Waals surface area contributed by atoms with Crippen LogP contribution in [-0.4, -0.2) is 4.98 Å². The van der Waals surface area contributed by atoms with Crippen molar-refractivity contribution in [3.05, 3.63) is 64.5 Å². The van der Waals surface area contributed by atoms with Crippen molar-refractivity contribution in [3.8, 4) is 23.1 Å². The molecular formula is C21H17F2N3O2. The molecule has 0 bridgehead atoms. The molecular weight excluding hydrogens is 364 g/mol. The first-order chi connectivity index (χ1) is 13.6. The Kier molecular flexibility index (Phi) is 4.70. The number of nitrogens with two attached hydrogens (primary N) is 1. The molecule has 2 aromatic heterocycles. The van der Waals surface area contributed by atoms with E-state index in [0.29, 0.717) is 22.6 Å². The van der Waals surface area contributed by atoms with E-state index in [2.05, 4.69) is 11.1 Å². The van der Waals surface area contributed by atoms with Gasteiger partial charge in [-0.2, -0.15) is 5.26 Å². The Balaban J connectivity index is 1.64. The minimum Gasteiger partial charge on any atom is -0.483 e. The Morgan fingerprint density at radius 1 is 1.18 bits per heavy atom. The molecule has 1 aliphatic carbocycles. The molecule has 0 saturated heterocycles. The lowest BCUT2D eigenvalue weighted by Gasteiger charge is -2.19. The van der Waals surface area contributed by atoms with Crippen LogP contribution >= 0.6 is 0 Å². The molecule has 5 nitrogen and oxygen atoms in total. The summed E-state index contributed by atoms with van der Waals surface area (Å²) >= 11 is 0. The minimum absolute atomic E-state index is 0.0345. The van der Waals surface area contributed by atoms with Crippen molar-refractivity contribution in [1.29, 1.82) is 5.26 Å². The molecule has 4 rings (SSSR count). The molecule has 1 aromatic carbocycles. The summed E-state index contributed by atoms with van der Waals surface area (Å²) in [4.78, 5) is 4.39. The maximum Gasteiger partial charge on any atom is 0.167 e. The van der Waals surface area contributed by atoms with Crippen LogP contribution in [0.25, 0.3) is 11.3 Å². The van der Waals surface area contributed by atoms with Crippen molar-refractivity contribution in [1.82, 2.24) is 4.98 Å². The second kappa shape index (κ2) is 7.31. The second-order valence-corrected chi connectivity index (χ2v) is 6.62. The Labute approximate surface area is 160 Å². The number of furan rings is 1. The van der Waals surface area contributed by atoms with Crippen LogP contribution in [0.3, 0.4) is 0 Å². The number of ether oxygens (including phenoxy) is 1. The Bertz CT molecular complexity index is 1090. The zero-order valence-electron chi connectivity index (χ0n) is 15.0. The van der Waals surface area contributed by atoms with Crippen LogP contribution in [0.5, 0.6) is 5.75 Å². The number of benzene rings is 1. The molecule has 28 heavy (non-hydrogen) atoms. The summed E-state index contributed by atoms with van der Waals surface area (Å²) in [5, 5.41) is 9.57. The summed E-state index contributed by atoms with van der Waals surface area (Å²) < 4.78 is 37.9. The van der Waals surface area contributed by atoms with Crippen molar-refractivity contribution in [3.63, 3.8) is 0 Å². The minimum atomic E-state index is -0.783. The molecule has 0 aliphatic heterocycles. The number of aryl methyl sites for hydroxylation is 1. The van der Waals surface area contributed by atoms with Crippen molar-refractivity contribution < 1.29 is 17.9 Å². The van der Waals surface area contributed by atoms with Crippen LogP contribution in [0.4, 0.5) is 14.6 Å². The van der Waals surface area contributed by atoms with Crippen molar-refractivity contribution in [2.75, 3.05) is 5.73 Å². The fourth-order valence-corrected chi connectivity index (χ4v) is 3.48. The first-order valence-electron chi connectivity index (χ1n) is 8.95. The van der Waals surface area contributed by atoms with Gasteiger partial charge in [0, 0.05) is 17.3 Å². The summed E-state index contributed by atoms with van der Waals surface area (Å²) in [5.74, 6) is -0.378. The number of nitrogen functional groups attached to an aromatic ring is 1. The van der Waals surface area contributed by atoms with Gasteiger partial charge in [-0.05, 0) is 55.5 Å². The summed E-state index contributed by atoms with van der Waals surface area (Å²) in [5.41, 5.74) is 8.85. The van der Waals surface area contributed by atoms with E-state index in [-0.39, 0.29) is 18.2 Å². The Morgan fingerprint density at radius 2 is 2.00 bits per heavy atom. The highest BCUT2D eigenvalue weighted by atomic mass is 19.1. The summed E-state index contributed by atoms with van der Waals surface area (Å²) in [6.07, 6.45) is 3.67. The second-order valence-electron chi connectivity index (χ2n) is 6.62. The van der Waals surface area contributed by atoms with Gasteiger partial charge in [0.25, 0.3) is 0 Å². The van der Waals surface area contributed by atoms with E-state index >= 15 is 0 Å². The molecule has 3 aromatic rings. The molecule has 2 heterocycles. The molecule has 0 spiro atoms. The number of halogens is 2. The van der Waals surface area contributed by atoms with Gasteiger partial charge in [0.1, 0.15) is 41.4 Å². The van der Waals surface area contributed by atoms with Gasteiger partial charge in [-0.3, -0.25) is 0 Å². The molecule has 2 N–H and O–H groups in total. The monoisotopic (exact) mass is 381 g/mol. The molecule has 0 radical (unpaired) electrons. The van der Waals surface area contributed by atoms with Crippen LogP contribution in [0.1, 0.15) is 35.4 Å². The number of anilines is 1. The molecule has 7 heteroatoms. The Morgan fingerprint density at radius 3 is 2.79 bits per heavy atom. The largest absolute Gasteiger partial charge is 0.483 e. The number of pyridine rings is 1. The van der Waals surface area contributed by atoms with Gasteiger partial charge in [-0.25, -0.2) is 13.8 Å². The molecule has 0 saturated carbocycles. The van der Waals surface area contributed by atoms with E-state index in [0.717, 1.165) is 49.1 Å². The standard InChI is InChI=1S/C21H17F2N3O2/c22-12-5-7-18(16(23)9-12)27-11-13-6-8-19(28-13)20-14-3-1-2-4-17(14)26-21(25)15(20)10-24/h5-9H,1-4,11H2,(H2,25,26). The predicted molar refractivity (Wildman–Crippen MR) is 98.4 cm³/mol. The third-order valence-electron chi connectivity index (χ3n) is 4.79. The maximum absolute atomic E-state index is 13.7. The van der Waals surface area contributed by atoms with Gasteiger partial charge < -0.3 is 14.9 Å². The van der Waals surface area contributed by atoms with E-state index in [1.807, 2.05) is 0 Å². The van der Waals surface area contributed by atoms with Crippen molar-refractivity contribution in [2.24, 2.45) is 0 Å². The van der Waals surface area contributed by atoms with Crippen molar-refractivity contribution >= 4 is 5.82 Å². The zero-order valence-corrected chi connectivity index (χ0v) is 15.0. The van der Waals surface area contributed by atoms with E-state index in [1.54, 1.807) is 12.1 Å². The fraction of sp³-hybridized carbons (Fsp3) is 0.238. The van der Waals surface area contributed by atoms with Gasteiger partial charge in [0.2, 0.25) is 0 Å². The SMILES string of the molecule is N#Cc1c(N)nc2c(c1-c1ccc(COc3ccc(F)cc3F)o1)CCCC2. The lowest BCUT2D eigenvalue weighted by Crippen LogP contribution is -2.11. The van der Waals surface area contributed by atoms with Crippen LogP contribution in [0.2, 0.25) is 0 Å². The third-order valence-corrected chi connectivity index (χ3v) is 4.79. The lowest BCUT2D eigenvalue weighted by molar-refractivity contribution is 0.259. The van der Waals surface area contributed by atoms with Gasteiger partial charge in [0.05, 0.1) is 0 Å². The van der Waals surface area contributed by atoms with Crippen LogP contribution in [-0.2, 0) is 19.4 Å². The number of rotatable bonds is 4. The van der Waals surface area contributed by atoms with Crippen molar-refractivity contribution in [2.45, 2.75) is 32.3 Å². The number of nitrogens with zero attached hydrogens (tertiary/aromatic N) is 2. The average molecular weight is 381 g/mol. The number of hydrogen-bond donors (Lipinski definition) is 1. The maximum atomic E-state index is 13.7. The molecule has 0 amide bonds. The van der Waals surface area contributed by atoms with Gasteiger partial charge in [-0.15, -0.1) is 0 Å². The molecule has 1 aliphatic rings. The number of hydrogen-bond acceptors (Lipinski definition) is 5. The van der Waals surface area contributed by atoms with Gasteiger partial charge >= 0.3 is 0 Å². The zero-order chi connectivity index (χ0) is 19.7. The predicted octanol–water partition coefficient (Wildman–Crippen LogP) is 4.53. The van der Waals surface area contributed by atoms with Gasteiger partial charge in [-0.1, -0.05) is 0 Å². The molecule has 0 atom stereocenters. The average Bonchev–Trinajstić information content (AvgIpc) is 3.14. The first-order valence-corrected chi connectivity index (χ1v) is 8.95. The number of nitriles is 1. The number of fused-ring (bicyclic) bond motifs is 1. The van der Waals surface area contributed by atoms with Gasteiger partial charge in [0.15, 0.2) is 11.6 Å². The lowest BCUT2D eigenvalue weighted by atomic mass is 9.89. The first kappa shape index (κ1) is 18.0. The fourth-order valence-electron chi connectivity index (χ4n) is 3.48. The smallest absolute Gasteiger partial charge is 0.167 e. The summed E-state index contributed by atoms with van der Waals surface area (Å²) in [7, 11) is 0.